The van der Waals surface area contributed by atoms with Crippen molar-refractivity contribution in [2.75, 3.05) is 10.6 Å². The van der Waals surface area contributed by atoms with Crippen LogP contribution in [0.25, 0.3) is 22.0 Å². The number of benzene rings is 2. The summed E-state index contributed by atoms with van der Waals surface area (Å²) in [6.45, 7) is 0. The molecule has 2 aliphatic rings. The molecule has 178 valence electrons. The number of aromatic nitrogens is 1. The molecular formula is C29H35N3O2. The smallest absolute Gasteiger partial charge is 0.227 e. The number of hydrogen-bond donors (Lipinski definition) is 3. The molecule has 3 N–H and O–H groups in total. The van der Waals surface area contributed by atoms with E-state index in [2.05, 4.69) is 33.8 Å². The number of amides is 2. The molecule has 0 spiro atoms. The molecular weight excluding hydrogens is 422 g/mol. The Morgan fingerprint density at radius 3 is 1.82 bits per heavy atom. The molecule has 1 aromatic heterocycles. The number of carbonyl (C=O) groups excluding carboxylic acids is 2. The third-order valence-electron chi connectivity index (χ3n) is 7.61. The van der Waals surface area contributed by atoms with Crippen molar-refractivity contribution in [1.82, 2.24) is 4.98 Å². The highest BCUT2D eigenvalue weighted by atomic mass is 16.2. The fraction of sp³-hybridized carbons (Fsp3) is 0.448. The van der Waals surface area contributed by atoms with Crippen molar-refractivity contribution in [3.05, 3.63) is 48.7 Å². The number of hydrogen-bond acceptors (Lipinski definition) is 2. The number of aromatic amines is 1. The molecule has 2 aromatic carbocycles. The highest BCUT2D eigenvalue weighted by molar-refractivity contribution is 6.00. The molecule has 5 rings (SSSR count). The topological polar surface area (TPSA) is 74.0 Å². The lowest BCUT2D eigenvalue weighted by Crippen LogP contribution is -2.24. The van der Waals surface area contributed by atoms with Crippen molar-refractivity contribution in [2.45, 2.75) is 70.6 Å². The summed E-state index contributed by atoms with van der Waals surface area (Å²) in [5, 5.41) is 7.34. The third-order valence-corrected chi connectivity index (χ3v) is 7.61. The van der Waals surface area contributed by atoms with Crippen LogP contribution in [0.15, 0.2) is 48.7 Å². The normalized spacial score (nSPS) is 17.9. The minimum atomic E-state index is 0.125. The molecule has 2 saturated carbocycles. The number of carbonyl (C=O) groups is 2. The van der Waals surface area contributed by atoms with Crippen LogP contribution in [-0.4, -0.2) is 16.8 Å². The molecule has 5 heteroatoms. The predicted molar refractivity (Wildman–Crippen MR) is 139 cm³/mol. The van der Waals surface area contributed by atoms with Gasteiger partial charge in [-0.25, -0.2) is 0 Å². The summed E-state index contributed by atoms with van der Waals surface area (Å²) in [4.78, 5) is 28.7. The van der Waals surface area contributed by atoms with Gasteiger partial charge in [0.05, 0.1) is 0 Å². The fourth-order valence-corrected chi connectivity index (χ4v) is 5.57. The van der Waals surface area contributed by atoms with Crippen LogP contribution in [0.3, 0.4) is 0 Å². The average Bonchev–Trinajstić information content (AvgIpc) is 3.09. The van der Waals surface area contributed by atoms with Crippen molar-refractivity contribution in [2.24, 2.45) is 11.8 Å². The van der Waals surface area contributed by atoms with Gasteiger partial charge in [0.1, 0.15) is 0 Å². The Hall–Kier alpha value is -3.08. The van der Waals surface area contributed by atoms with Crippen molar-refractivity contribution in [1.29, 1.82) is 0 Å². The lowest BCUT2D eigenvalue weighted by Gasteiger charge is -2.20. The molecule has 1 heterocycles. The van der Waals surface area contributed by atoms with E-state index in [1.807, 2.05) is 30.5 Å². The van der Waals surface area contributed by atoms with E-state index >= 15 is 0 Å². The zero-order valence-electron chi connectivity index (χ0n) is 19.9. The van der Waals surface area contributed by atoms with Gasteiger partial charge in [-0.1, -0.05) is 57.1 Å². The van der Waals surface area contributed by atoms with E-state index < -0.39 is 0 Å². The van der Waals surface area contributed by atoms with E-state index in [0.29, 0.717) is 0 Å². The van der Waals surface area contributed by atoms with E-state index in [9.17, 15) is 9.59 Å². The Morgan fingerprint density at radius 1 is 0.676 bits per heavy atom. The summed E-state index contributed by atoms with van der Waals surface area (Å²) in [5.41, 5.74) is 4.89. The van der Waals surface area contributed by atoms with E-state index in [1.54, 1.807) is 0 Å². The molecule has 2 fully saturated rings. The molecule has 0 unspecified atom stereocenters. The maximum atomic E-state index is 12.8. The molecule has 34 heavy (non-hydrogen) atoms. The predicted octanol–water partition coefficient (Wildman–Crippen LogP) is 7.26. The first-order valence-electron chi connectivity index (χ1n) is 13.0. The largest absolute Gasteiger partial charge is 0.361 e. The van der Waals surface area contributed by atoms with Gasteiger partial charge in [0.15, 0.2) is 0 Å². The number of nitrogens with one attached hydrogen (secondary N) is 3. The molecule has 3 aromatic rings. The van der Waals surface area contributed by atoms with E-state index in [-0.39, 0.29) is 23.7 Å². The van der Waals surface area contributed by atoms with Crippen molar-refractivity contribution in [3.8, 4) is 11.1 Å². The van der Waals surface area contributed by atoms with Crippen molar-refractivity contribution in [3.63, 3.8) is 0 Å². The summed E-state index contributed by atoms with van der Waals surface area (Å²) < 4.78 is 0. The summed E-state index contributed by atoms with van der Waals surface area (Å²) >= 11 is 0. The van der Waals surface area contributed by atoms with Crippen LogP contribution >= 0.6 is 0 Å². The lowest BCUT2D eigenvalue weighted by atomic mass is 9.88. The zero-order chi connectivity index (χ0) is 23.3. The van der Waals surface area contributed by atoms with Gasteiger partial charge in [0.2, 0.25) is 11.8 Å². The Bertz CT molecular complexity index is 1130. The van der Waals surface area contributed by atoms with Crippen LogP contribution < -0.4 is 10.6 Å². The number of anilines is 2. The van der Waals surface area contributed by atoms with Crippen LogP contribution in [0.4, 0.5) is 11.4 Å². The SMILES string of the molecule is O=C(Nc1ccc2[nH]cc(-c3ccc(NC(=O)C4CCCCC4)cc3)c2c1)C1CCCCCC1. The Labute approximate surface area is 201 Å². The van der Waals surface area contributed by atoms with Gasteiger partial charge >= 0.3 is 0 Å². The Morgan fingerprint density at radius 2 is 1.21 bits per heavy atom. The van der Waals surface area contributed by atoms with Crippen molar-refractivity contribution < 1.29 is 9.59 Å². The maximum Gasteiger partial charge on any atom is 0.227 e. The Balaban J connectivity index is 1.29. The highest BCUT2D eigenvalue weighted by Crippen LogP contribution is 2.32. The second kappa shape index (κ2) is 10.5. The summed E-state index contributed by atoms with van der Waals surface area (Å²) in [6, 6.07) is 14.1. The molecule has 5 nitrogen and oxygen atoms in total. The summed E-state index contributed by atoms with van der Waals surface area (Å²) in [7, 11) is 0. The van der Waals surface area contributed by atoms with Crippen LogP contribution in [0.5, 0.6) is 0 Å². The molecule has 0 atom stereocenters. The van der Waals surface area contributed by atoms with Crippen LogP contribution in [0.2, 0.25) is 0 Å². The third kappa shape index (κ3) is 5.19. The van der Waals surface area contributed by atoms with Gasteiger partial charge in [0, 0.05) is 45.9 Å². The highest BCUT2D eigenvalue weighted by Gasteiger charge is 2.22. The van der Waals surface area contributed by atoms with Crippen LogP contribution in [0, 0.1) is 11.8 Å². The molecule has 0 radical (unpaired) electrons. The standard InChI is InChI=1S/C29H35N3O2/c33-28(21-10-6-3-7-11-21)31-23-14-12-20(13-15-23)26-19-30-27-17-16-24(18-25(26)27)32-29(34)22-8-4-1-2-5-9-22/h12-19,21-22,30H,1-11H2,(H,31,33)(H,32,34). The van der Waals surface area contributed by atoms with Crippen molar-refractivity contribution >= 4 is 34.1 Å². The fourth-order valence-electron chi connectivity index (χ4n) is 5.57. The summed E-state index contributed by atoms with van der Waals surface area (Å²) in [5.74, 6) is 0.568. The molecule has 2 aliphatic carbocycles. The first-order chi connectivity index (χ1) is 16.7. The second-order valence-electron chi connectivity index (χ2n) is 10.0. The first kappa shape index (κ1) is 22.7. The van der Waals surface area contributed by atoms with E-state index in [0.717, 1.165) is 84.8 Å². The first-order valence-corrected chi connectivity index (χ1v) is 13.0. The molecule has 2 amide bonds. The number of fused-ring (bicyclic) bond motifs is 1. The minimum Gasteiger partial charge on any atom is -0.361 e. The van der Waals surface area contributed by atoms with E-state index in [4.69, 9.17) is 0 Å². The molecule has 0 saturated heterocycles. The minimum absolute atomic E-state index is 0.125. The van der Waals surface area contributed by atoms with E-state index in [1.165, 1.54) is 19.3 Å². The summed E-state index contributed by atoms with van der Waals surface area (Å²) in [6.07, 6.45) is 14.3. The van der Waals surface area contributed by atoms with Gasteiger partial charge in [-0.15, -0.1) is 0 Å². The monoisotopic (exact) mass is 457 g/mol. The quantitative estimate of drug-likeness (QED) is 0.353. The van der Waals surface area contributed by atoms with Crippen LogP contribution in [-0.2, 0) is 9.59 Å². The molecule has 0 aliphatic heterocycles. The van der Waals surface area contributed by atoms with Crippen LogP contribution in [0.1, 0.15) is 70.6 Å². The maximum absolute atomic E-state index is 12.8. The van der Waals surface area contributed by atoms with Gasteiger partial charge in [-0.05, 0) is 61.6 Å². The Kier molecular flexibility index (Phi) is 6.98. The lowest BCUT2D eigenvalue weighted by molar-refractivity contribution is -0.121. The second-order valence-corrected chi connectivity index (χ2v) is 10.0. The van der Waals surface area contributed by atoms with Gasteiger partial charge < -0.3 is 15.6 Å². The number of rotatable bonds is 5. The van der Waals surface area contributed by atoms with Gasteiger partial charge in [-0.2, -0.15) is 0 Å². The average molecular weight is 458 g/mol. The van der Waals surface area contributed by atoms with Gasteiger partial charge in [-0.3, -0.25) is 9.59 Å². The zero-order valence-corrected chi connectivity index (χ0v) is 19.9. The molecule has 0 bridgehead atoms. The number of H-pyrrole nitrogens is 1. The van der Waals surface area contributed by atoms with Gasteiger partial charge in [0.25, 0.3) is 0 Å².